The lowest BCUT2D eigenvalue weighted by Gasteiger charge is -2.12. The highest BCUT2D eigenvalue weighted by Crippen LogP contribution is 2.36. The third kappa shape index (κ3) is 4.62. The largest absolute Gasteiger partial charge is 0.487 e. The number of nitrogens with zero attached hydrogens (tertiary/aromatic N) is 1. The zero-order valence-corrected chi connectivity index (χ0v) is 18.1. The maximum Gasteiger partial charge on any atom is 0.329 e. The van der Waals surface area contributed by atoms with Crippen LogP contribution in [0.25, 0.3) is 6.08 Å². The Balaban J connectivity index is 1.77. The predicted octanol–water partition coefficient (Wildman–Crippen LogP) is 5.23. The summed E-state index contributed by atoms with van der Waals surface area (Å²) in [7, 11) is 0. The first kappa shape index (κ1) is 20.5. The van der Waals surface area contributed by atoms with Gasteiger partial charge in [0.05, 0.1) is 8.95 Å². The van der Waals surface area contributed by atoms with Crippen LogP contribution in [0.5, 0.6) is 5.75 Å². The molecule has 28 heavy (non-hydrogen) atoms. The van der Waals surface area contributed by atoms with Gasteiger partial charge < -0.3 is 10.1 Å². The van der Waals surface area contributed by atoms with Crippen LogP contribution in [0.4, 0.5) is 9.18 Å². The second-order valence-electron chi connectivity index (χ2n) is 6.17. The van der Waals surface area contributed by atoms with Crippen LogP contribution >= 0.6 is 31.9 Å². The van der Waals surface area contributed by atoms with Gasteiger partial charge >= 0.3 is 6.03 Å². The minimum Gasteiger partial charge on any atom is -0.487 e. The first-order valence-corrected chi connectivity index (χ1v) is 10.2. The van der Waals surface area contributed by atoms with Crippen LogP contribution in [0.2, 0.25) is 0 Å². The lowest BCUT2D eigenvalue weighted by molar-refractivity contribution is -0.122. The van der Waals surface area contributed by atoms with Crippen molar-refractivity contribution in [1.82, 2.24) is 10.2 Å². The van der Waals surface area contributed by atoms with Gasteiger partial charge in [-0.1, -0.05) is 19.1 Å². The first-order chi connectivity index (χ1) is 13.4. The van der Waals surface area contributed by atoms with E-state index in [1.165, 1.54) is 17.0 Å². The second-order valence-corrected chi connectivity index (χ2v) is 7.88. The SMILES string of the molecule is CCCN1C(=O)N/C(=C/c2cc(Br)c(OCc3ccc(F)cc3)c(Br)c2)C1=O. The van der Waals surface area contributed by atoms with Crippen LogP contribution in [-0.2, 0) is 11.4 Å². The molecule has 0 bridgehead atoms. The van der Waals surface area contributed by atoms with Crippen molar-refractivity contribution in [2.75, 3.05) is 6.54 Å². The molecule has 1 N–H and O–H groups in total. The van der Waals surface area contributed by atoms with Gasteiger partial charge in [-0.3, -0.25) is 9.69 Å². The van der Waals surface area contributed by atoms with Gasteiger partial charge in [-0.15, -0.1) is 0 Å². The van der Waals surface area contributed by atoms with Gasteiger partial charge in [-0.05, 0) is 79.7 Å². The van der Waals surface area contributed by atoms with Gasteiger partial charge in [0, 0.05) is 6.54 Å². The lowest BCUT2D eigenvalue weighted by atomic mass is 10.2. The van der Waals surface area contributed by atoms with E-state index in [2.05, 4.69) is 37.2 Å². The minimum absolute atomic E-state index is 0.234. The molecule has 0 aromatic heterocycles. The van der Waals surface area contributed by atoms with E-state index in [1.54, 1.807) is 30.3 Å². The summed E-state index contributed by atoms with van der Waals surface area (Å²) in [5.41, 5.74) is 1.79. The van der Waals surface area contributed by atoms with Crippen molar-refractivity contribution < 1.29 is 18.7 Å². The number of hydrogen-bond donors (Lipinski definition) is 1. The summed E-state index contributed by atoms with van der Waals surface area (Å²) >= 11 is 6.94. The number of imide groups is 1. The monoisotopic (exact) mass is 510 g/mol. The molecule has 0 radical (unpaired) electrons. The molecular weight excluding hydrogens is 495 g/mol. The average Bonchev–Trinajstić information content (AvgIpc) is 2.90. The highest BCUT2D eigenvalue weighted by atomic mass is 79.9. The van der Waals surface area contributed by atoms with Gasteiger partial charge in [0.2, 0.25) is 0 Å². The van der Waals surface area contributed by atoms with E-state index in [4.69, 9.17) is 4.74 Å². The Kier molecular flexibility index (Phi) is 6.51. The highest BCUT2D eigenvalue weighted by Gasteiger charge is 2.32. The summed E-state index contributed by atoms with van der Waals surface area (Å²) in [6, 6.07) is 9.26. The zero-order valence-electron chi connectivity index (χ0n) is 15.0. The molecule has 1 aliphatic heterocycles. The number of halogens is 3. The minimum atomic E-state index is -0.407. The van der Waals surface area contributed by atoms with E-state index in [1.807, 2.05) is 6.92 Å². The molecule has 5 nitrogen and oxygen atoms in total. The van der Waals surface area contributed by atoms with Crippen molar-refractivity contribution in [3.05, 3.63) is 68.0 Å². The summed E-state index contributed by atoms with van der Waals surface area (Å²) in [4.78, 5) is 25.4. The molecule has 0 unspecified atom stereocenters. The van der Waals surface area contributed by atoms with E-state index in [-0.39, 0.29) is 24.0 Å². The fourth-order valence-corrected chi connectivity index (χ4v) is 4.15. The van der Waals surface area contributed by atoms with E-state index < -0.39 is 6.03 Å². The average molecular weight is 512 g/mol. The molecule has 0 spiro atoms. The Hall–Kier alpha value is -2.19. The Morgan fingerprint density at radius 1 is 1.14 bits per heavy atom. The van der Waals surface area contributed by atoms with Crippen molar-refractivity contribution in [3.63, 3.8) is 0 Å². The molecule has 1 aliphatic rings. The third-order valence-electron chi connectivity index (χ3n) is 4.04. The van der Waals surface area contributed by atoms with Gasteiger partial charge in [0.25, 0.3) is 5.91 Å². The van der Waals surface area contributed by atoms with Crippen LogP contribution in [-0.4, -0.2) is 23.4 Å². The van der Waals surface area contributed by atoms with Gasteiger partial charge in [-0.25, -0.2) is 9.18 Å². The summed E-state index contributed by atoms with van der Waals surface area (Å²) in [6.07, 6.45) is 2.32. The fraction of sp³-hybridized carbons (Fsp3) is 0.200. The Labute approximate surface area is 178 Å². The molecule has 8 heteroatoms. The van der Waals surface area contributed by atoms with Crippen molar-refractivity contribution in [3.8, 4) is 5.75 Å². The van der Waals surface area contributed by atoms with Crippen molar-refractivity contribution in [2.24, 2.45) is 0 Å². The number of amides is 3. The fourth-order valence-electron chi connectivity index (χ4n) is 2.70. The van der Waals surface area contributed by atoms with Crippen molar-refractivity contribution in [1.29, 1.82) is 0 Å². The first-order valence-electron chi connectivity index (χ1n) is 8.60. The Morgan fingerprint density at radius 2 is 1.79 bits per heavy atom. The quantitative estimate of drug-likeness (QED) is 0.426. The molecular formula is C20H17Br2FN2O3. The topological polar surface area (TPSA) is 58.6 Å². The Bertz CT molecular complexity index is 922. The van der Waals surface area contributed by atoms with Crippen LogP contribution < -0.4 is 10.1 Å². The highest BCUT2D eigenvalue weighted by molar-refractivity contribution is 9.11. The maximum absolute atomic E-state index is 13.0. The number of hydrogen-bond acceptors (Lipinski definition) is 3. The van der Waals surface area contributed by atoms with Crippen molar-refractivity contribution in [2.45, 2.75) is 20.0 Å². The van der Waals surface area contributed by atoms with Gasteiger partial charge in [0.1, 0.15) is 23.9 Å². The molecule has 0 saturated carbocycles. The summed E-state index contributed by atoms with van der Waals surface area (Å²) in [5, 5.41) is 2.60. The van der Waals surface area contributed by atoms with Crippen LogP contribution in [0.1, 0.15) is 24.5 Å². The van der Waals surface area contributed by atoms with E-state index >= 15 is 0 Å². The van der Waals surface area contributed by atoms with E-state index in [9.17, 15) is 14.0 Å². The molecule has 1 saturated heterocycles. The molecule has 2 aromatic rings. The van der Waals surface area contributed by atoms with E-state index in [0.717, 1.165) is 11.1 Å². The Morgan fingerprint density at radius 3 is 2.39 bits per heavy atom. The molecule has 0 aliphatic carbocycles. The normalized spacial score (nSPS) is 15.3. The molecule has 3 rings (SSSR count). The summed E-state index contributed by atoms with van der Waals surface area (Å²) in [5.74, 6) is -0.0499. The summed E-state index contributed by atoms with van der Waals surface area (Å²) < 4.78 is 20.2. The predicted molar refractivity (Wildman–Crippen MR) is 111 cm³/mol. The van der Waals surface area contributed by atoms with Gasteiger partial charge in [0.15, 0.2) is 0 Å². The zero-order chi connectivity index (χ0) is 20.3. The molecule has 1 fully saturated rings. The number of ether oxygens (including phenoxy) is 1. The second kappa shape index (κ2) is 8.87. The molecule has 0 atom stereocenters. The number of benzene rings is 2. The number of nitrogens with one attached hydrogen (secondary N) is 1. The van der Waals surface area contributed by atoms with Gasteiger partial charge in [-0.2, -0.15) is 0 Å². The van der Waals surface area contributed by atoms with Crippen molar-refractivity contribution >= 4 is 49.9 Å². The number of carbonyl (C=O) groups excluding carboxylic acids is 2. The third-order valence-corrected chi connectivity index (χ3v) is 5.22. The number of rotatable bonds is 6. The smallest absolute Gasteiger partial charge is 0.329 e. The molecule has 1 heterocycles. The van der Waals surface area contributed by atoms with E-state index in [0.29, 0.717) is 27.7 Å². The standard InChI is InChI=1S/C20H17Br2FN2O3/c1-2-7-25-19(26)17(24-20(25)27)10-13-8-15(21)18(16(22)9-13)28-11-12-3-5-14(23)6-4-12/h3-6,8-10H,2,7,11H2,1H3,(H,24,27)/b17-10+. The molecule has 146 valence electrons. The van der Waals surface area contributed by atoms with Crippen LogP contribution in [0.15, 0.2) is 51.0 Å². The number of carbonyl (C=O) groups is 2. The van der Waals surface area contributed by atoms with Crippen LogP contribution in [0.3, 0.4) is 0 Å². The maximum atomic E-state index is 13.0. The van der Waals surface area contributed by atoms with Crippen LogP contribution in [0, 0.1) is 5.82 Å². The molecule has 2 aromatic carbocycles. The summed E-state index contributed by atoms with van der Waals surface area (Å²) in [6.45, 7) is 2.56. The number of urea groups is 1. The molecule has 3 amide bonds. The lowest BCUT2D eigenvalue weighted by Crippen LogP contribution is -2.31.